The number of carbonyl (C=O) groups excluding carboxylic acids is 1. The average molecular weight is 214 g/mol. The van der Waals surface area contributed by atoms with E-state index in [4.69, 9.17) is 0 Å². The van der Waals surface area contributed by atoms with E-state index < -0.39 is 0 Å². The molecule has 1 heterocycles. The SMILES string of the molecule is C=CC(=O)NCCn1ccc2ccccc21. The third-order valence-electron chi connectivity index (χ3n) is 2.52. The van der Waals surface area contributed by atoms with Gasteiger partial charge in [-0.3, -0.25) is 4.79 Å². The Bertz CT molecular complexity index is 513. The van der Waals surface area contributed by atoms with Crippen molar-refractivity contribution in [3.63, 3.8) is 0 Å². The van der Waals surface area contributed by atoms with Gasteiger partial charge in [0.25, 0.3) is 0 Å². The van der Waals surface area contributed by atoms with Crippen LogP contribution in [-0.4, -0.2) is 17.0 Å². The first-order valence-electron chi connectivity index (χ1n) is 5.25. The highest BCUT2D eigenvalue weighted by molar-refractivity contribution is 5.86. The first kappa shape index (κ1) is 10.5. The van der Waals surface area contributed by atoms with Crippen LogP contribution in [0.5, 0.6) is 0 Å². The Morgan fingerprint density at radius 1 is 1.38 bits per heavy atom. The van der Waals surface area contributed by atoms with Crippen molar-refractivity contribution in [3.8, 4) is 0 Å². The first-order valence-corrected chi connectivity index (χ1v) is 5.25. The van der Waals surface area contributed by atoms with Gasteiger partial charge >= 0.3 is 0 Å². The summed E-state index contributed by atoms with van der Waals surface area (Å²) in [5.74, 6) is -0.128. The van der Waals surface area contributed by atoms with E-state index in [2.05, 4.69) is 34.7 Å². The monoisotopic (exact) mass is 214 g/mol. The fourth-order valence-electron chi connectivity index (χ4n) is 1.71. The Morgan fingerprint density at radius 2 is 2.19 bits per heavy atom. The summed E-state index contributed by atoms with van der Waals surface area (Å²) in [7, 11) is 0. The second-order valence-electron chi connectivity index (χ2n) is 3.56. The van der Waals surface area contributed by atoms with E-state index in [9.17, 15) is 4.79 Å². The molecule has 0 radical (unpaired) electrons. The van der Waals surface area contributed by atoms with Crippen LogP contribution in [0.25, 0.3) is 10.9 Å². The molecule has 0 bridgehead atoms. The van der Waals surface area contributed by atoms with E-state index in [0.717, 1.165) is 6.54 Å². The predicted molar refractivity (Wildman–Crippen MR) is 65.1 cm³/mol. The van der Waals surface area contributed by atoms with Crippen LogP contribution in [-0.2, 0) is 11.3 Å². The van der Waals surface area contributed by atoms with Crippen molar-refractivity contribution in [2.75, 3.05) is 6.54 Å². The normalized spacial score (nSPS) is 10.2. The Labute approximate surface area is 94.4 Å². The summed E-state index contributed by atoms with van der Waals surface area (Å²) in [5, 5.41) is 3.98. The van der Waals surface area contributed by atoms with E-state index in [1.54, 1.807) is 0 Å². The summed E-state index contributed by atoms with van der Waals surface area (Å²) >= 11 is 0. The molecule has 0 saturated heterocycles. The number of nitrogens with zero attached hydrogens (tertiary/aromatic N) is 1. The molecule has 1 N–H and O–H groups in total. The van der Waals surface area contributed by atoms with Gasteiger partial charge in [-0.25, -0.2) is 0 Å². The maximum Gasteiger partial charge on any atom is 0.243 e. The van der Waals surface area contributed by atoms with Gasteiger partial charge in [0.15, 0.2) is 0 Å². The molecule has 0 spiro atoms. The van der Waals surface area contributed by atoms with E-state index in [0.29, 0.717) is 6.54 Å². The summed E-state index contributed by atoms with van der Waals surface area (Å²) in [6.45, 7) is 4.79. The molecule has 3 heteroatoms. The van der Waals surface area contributed by atoms with Gasteiger partial charge in [-0.15, -0.1) is 0 Å². The first-order chi connectivity index (χ1) is 7.81. The van der Waals surface area contributed by atoms with Gasteiger partial charge < -0.3 is 9.88 Å². The quantitative estimate of drug-likeness (QED) is 0.775. The molecular weight excluding hydrogens is 200 g/mol. The number of hydrogen-bond donors (Lipinski definition) is 1. The predicted octanol–water partition coefficient (Wildman–Crippen LogP) is 1.94. The molecule has 16 heavy (non-hydrogen) atoms. The number of aromatic nitrogens is 1. The highest BCUT2D eigenvalue weighted by Gasteiger charge is 1.99. The number of benzene rings is 1. The molecule has 3 nitrogen and oxygen atoms in total. The smallest absolute Gasteiger partial charge is 0.243 e. The van der Waals surface area contributed by atoms with Gasteiger partial charge in [0.2, 0.25) is 5.91 Å². The standard InChI is InChI=1S/C13H14N2O/c1-2-13(16)14-8-10-15-9-7-11-5-3-4-6-12(11)15/h2-7,9H,1,8,10H2,(H,14,16). The minimum Gasteiger partial charge on any atom is -0.351 e. The van der Waals surface area contributed by atoms with Crippen LogP contribution >= 0.6 is 0 Å². The summed E-state index contributed by atoms with van der Waals surface area (Å²) in [4.78, 5) is 11.0. The molecule has 0 unspecified atom stereocenters. The lowest BCUT2D eigenvalue weighted by Crippen LogP contribution is -2.24. The van der Waals surface area contributed by atoms with Crippen LogP contribution in [0.2, 0.25) is 0 Å². The zero-order chi connectivity index (χ0) is 11.4. The van der Waals surface area contributed by atoms with Crippen LogP contribution in [0.15, 0.2) is 49.2 Å². The lowest BCUT2D eigenvalue weighted by molar-refractivity contribution is -0.116. The van der Waals surface area contributed by atoms with E-state index in [1.165, 1.54) is 17.0 Å². The maximum absolute atomic E-state index is 11.0. The molecule has 0 fully saturated rings. The number of nitrogens with one attached hydrogen (secondary N) is 1. The molecule has 82 valence electrons. The highest BCUT2D eigenvalue weighted by Crippen LogP contribution is 2.14. The van der Waals surface area contributed by atoms with Crippen LogP contribution < -0.4 is 5.32 Å². The molecule has 0 aliphatic rings. The van der Waals surface area contributed by atoms with Crippen LogP contribution in [0, 0.1) is 0 Å². The minimum atomic E-state index is -0.128. The molecule has 1 aromatic carbocycles. The van der Waals surface area contributed by atoms with Gasteiger partial charge in [-0.05, 0) is 23.6 Å². The fraction of sp³-hybridized carbons (Fsp3) is 0.154. The number of para-hydroxylation sites is 1. The van der Waals surface area contributed by atoms with E-state index in [-0.39, 0.29) is 5.91 Å². The number of amides is 1. The van der Waals surface area contributed by atoms with Crippen molar-refractivity contribution in [1.82, 2.24) is 9.88 Å². The lowest BCUT2D eigenvalue weighted by Gasteiger charge is -2.05. The number of fused-ring (bicyclic) bond motifs is 1. The highest BCUT2D eigenvalue weighted by atomic mass is 16.1. The largest absolute Gasteiger partial charge is 0.351 e. The van der Waals surface area contributed by atoms with Crippen molar-refractivity contribution >= 4 is 16.8 Å². The average Bonchev–Trinajstić information content (AvgIpc) is 2.73. The van der Waals surface area contributed by atoms with Gasteiger partial charge in [0.05, 0.1) is 0 Å². The molecule has 0 saturated carbocycles. The second kappa shape index (κ2) is 4.66. The minimum absolute atomic E-state index is 0.128. The van der Waals surface area contributed by atoms with E-state index in [1.807, 2.05) is 18.3 Å². The summed E-state index contributed by atoms with van der Waals surface area (Å²) in [6, 6.07) is 10.3. The molecule has 1 amide bonds. The third kappa shape index (κ3) is 2.14. The zero-order valence-corrected chi connectivity index (χ0v) is 9.02. The molecule has 2 aromatic rings. The summed E-state index contributed by atoms with van der Waals surface area (Å²) < 4.78 is 2.12. The number of carbonyl (C=O) groups is 1. The van der Waals surface area contributed by atoms with Crippen molar-refractivity contribution in [2.24, 2.45) is 0 Å². The molecule has 1 aromatic heterocycles. The Hall–Kier alpha value is -2.03. The second-order valence-corrected chi connectivity index (χ2v) is 3.56. The molecule has 2 rings (SSSR count). The Balaban J connectivity index is 2.04. The van der Waals surface area contributed by atoms with Gasteiger partial charge in [-0.2, -0.15) is 0 Å². The maximum atomic E-state index is 11.0. The number of rotatable bonds is 4. The number of hydrogen-bond acceptors (Lipinski definition) is 1. The van der Waals surface area contributed by atoms with Gasteiger partial charge in [0, 0.05) is 24.8 Å². The molecule has 0 aliphatic heterocycles. The van der Waals surface area contributed by atoms with Crippen LogP contribution in [0.3, 0.4) is 0 Å². The van der Waals surface area contributed by atoms with Crippen LogP contribution in [0.4, 0.5) is 0 Å². The van der Waals surface area contributed by atoms with Crippen molar-refractivity contribution in [1.29, 1.82) is 0 Å². The van der Waals surface area contributed by atoms with Gasteiger partial charge in [0.1, 0.15) is 0 Å². The topological polar surface area (TPSA) is 34.0 Å². The van der Waals surface area contributed by atoms with Gasteiger partial charge in [-0.1, -0.05) is 24.8 Å². The third-order valence-corrected chi connectivity index (χ3v) is 2.52. The van der Waals surface area contributed by atoms with Crippen molar-refractivity contribution < 1.29 is 4.79 Å². The molecule has 0 atom stereocenters. The molecular formula is C13H14N2O. The van der Waals surface area contributed by atoms with Crippen molar-refractivity contribution in [3.05, 3.63) is 49.2 Å². The fourth-order valence-corrected chi connectivity index (χ4v) is 1.71. The van der Waals surface area contributed by atoms with Crippen LogP contribution in [0.1, 0.15) is 0 Å². The Morgan fingerprint density at radius 3 is 3.00 bits per heavy atom. The lowest BCUT2D eigenvalue weighted by atomic mass is 10.2. The summed E-state index contributed by atoms with van der Waals surface area (Å²) in [6.07, 6.45) is 3.32. The van der Waals surface area contributed by atoms with Crippen molar-refractivity contribution in [2.45, 2.75) is 6.54 Å². The summed E-state index contributed by atoms with van der Waals surface area (Å²) in [5.41, 5.74) is 1.19. The molecule has 0 aliphatic carbocycles. The van der Waals surface area contributed by atoms with E-state index >= 15 is 0 Å². The Kier molecular flexibility index (Phi) is 3.05. The zero-order valence-electron chi connectivity index (χ0n) is 9.02.